The quantitative estimate of drug-likeness (QED) is 0.729. The minimum Gasteiger partial charge on any atom is -0.384 e. The molecule has 1 fully saturated rings. The summed E-state index contributed by atoms with van der Waals surface area (Å²) in [5.41, 5.74) is 5.63. The van der Waals surface area contributed by atoms with Crippen molar-refractivity contribution in [2.24, 2.45) is 11.7 Å². The molecule has 2 unspecified atom stereocenters. The highest BCUT2D eigenvalue weighted by Gasteiger charge is 2.27. The Kier molecular flexibility index (Phi) is 5.05. The molecular weight excluding hydrogens is 192 g/mol. The Hall–Kier alpha value is -0.610. The Bertz CT molecular complexity index is 209. The van der Waals surface area contributed by atoms with Gasteiger partial charge in [0.2, 0.25) is 5.91 Å². The van der Waals surface area contributed by atoms with Crippen molar-refractivity contribution in [2.75, 3.05) is 26.8 Å². The second kappa shape index (κ2) is 6.08. The van der Waals surface area contributed by atoms with Gasteiger partial charge in [-0.1, -0.05) is 6.92 Å². The fraction of sp³-hybridized carbons (Fsp3) is 0.909. The number of hydrogen-bond acceptors (Lipinski definition) is 3. The van der Waals surface area contributed by atoms with E-state index in [4.69, 9.17) is 10.5 Å². The van der Waals surface area contributed by atoms with Crippen LogP contribution in [0.4, 0.5) is 0 Å². The summed E-state index contributed by atoms with van der Waals surface area (Å²) in [5, 5.41) is 0. The van der Waals surface area contributed by atoms with E-state index >= 15 is 0 Å². The van der Waals surface area contributed by atoms with Crippen LogP contribution in [0.25, 0.3) is 0 Å². The van der Waals surface area contributed by atoms with E-state index in [1.165, 1.54) is 0 Å². The molecule has 0 spiro atoms. The molecule has 0 aromatic carbocycles. The summed E-state index contributed by atoms with van der Waals surface area (Å²) in [6.07, 6.45) is 2.72. The minimum atomic E-state index is 0.229. The van der Waals surface area contributed by atoms with Gasteiger partial charge in [-0.05, 0) is 18.8 Å². The molecule has 0 aromatic rings. The smallest absolute Gasteiger partial charge is 0.223 e. The van der Waals surface area contributed by atoms with Gasteiger partial charge in [-0.15, -0.1) is 0 Å². The van der Waals surface area contributed by atoms with Crippen molar-refractivity contribution in [3.63, 3.8) is 0 Å². The molecule has 15 heavy (non-hydrogen) atoms. The lowest BCUT2D eigenvalue weighted by Crippen LogP contribution is -2.40. The number of ether oxygens (including phenoxy) is 1. The fourth-order valence-corrected chi connectivity index (χ4v) is 2.17. The summed E-state index contributed by atoms with van der Waals surface area (Å²) in [4.78, 5) is 13.9. The number of carbonyl (C=O) groups excluding carboxylic acids is 1. The highest BCUT2D eigenvalue weighted by molar-refractivity contribution is 5.77. The molecule has 2 atom stereocenters. The van der Waals surface area contributed by atoms with Crippen molar-refractivity contribution in [1.82, 2.24) is 4.90 Å². The van der Waals surface area contributed by atoms with Crippen LogP contribution in [0.5, 0.6) is 0 Å². The SMILES string of the molecule is COCC(C)CC(=O)N1CCCC1CN. The number of rotatable bonds is 5. The van der Waals surface area contributed by atoms with Crippen molar-refractivity contribution in [3.8, 4) is 0 Å². The molecule has 4 heteroatoms. The predicted octanol–water partition coefficient (Wildman–Crippen LogP) is 0.609. The number of methoxy groups -OCH3 is 1. The molecular formula is C11H22N2O2. The summed E-state index contributed by atoms with van der Waals surface area (Å²) < 4.78 is 5.02. The first-order valence-corrected chi connectivity index (χ1v) is 5.67. The van der Waals surface area contributed by atoms with Gasteiger partial charge in [-0.3, -0.25) is 4.79 Å². The van der Waals surface area contributed by atoms with E-state index < -0.39 is 0 Å². The Morgan fingerprint density at radius 3 is 3.00 bits per heavy atom. The zero-order valence-electron chi connectivity index (χ0n) is 9.74. The first kappa shape index (κ1) is 12.5. The average molecular weight is 214 g/mol. The number of amides is 1. The maximum absolute atomic E-state index is 11.9. The second-order valence-electron chi connectivity index (χ2n) is 4.38. The predicted molar refractivity (Wildman–Crippen MR) is 59.4 cm³/mol. The first-order valence-electron chi connectivity index (χ1n) is 5.67. The van der Waals surface area contributed by atoms with Gasteiger partial charge >= 0.3 is 0 Å². The molecule has 1 amide bonds. The molecule has 0 aliphatic carbocycles. The first-order chi connectivity index (χ1) is 7.19. The third-order valence-corrected chi connectivity index (χ3v) is 2.94. The molecule has 0 bridgehead atoms. The molecule has 1 saturated heterocycles. The minimum absolute atomic E-state index is 0.229. The van der Waals surface area contributed by atoms with Gasteiger partial charge in [-0.25, -0.2) is 0 Å². The number of carbonyl (C=O) groups is 1. The van der Waals surface area contributed by atoms with E-state index in [-0.39, 0.29) is 11.9 Å². The Balaban J connectivity index is 2.38. The van der Waals surface area contributed by atoms with Gasteiger partial charge in [0.05, 0.1) is 0 Å². The number of hydrogen-bond donors (Lipinski definition) is 1. The van der Waals surface area contributed by atoms with Crippen LogP contribution in [0.15, 0.2) is 0 Å². The lowest BCUT2D eigenvalue weighted by Gasteiger charge is -2.24. The fourth-order valence-electron chi connectivity index (χ4n) is 2.17. The van der Waals surface area contributed by atoms with Crippen molar-refractivity contribution >= 4 is 5.91 Å². The van der Waals surface area contributed by atoms with Crippen molar-refractivity contribution in [3.05, 3.63) is 0 Å². The summed E-state index contributed by atoms with van der Waals surface area (Å²) in [7, 11) is 1.67. The summed E-state index contributed by atoms with van der Waals surface area (Å²) >= 11 is 0. The van der Waals surface area contributed by atoms with Gasteiger partial charge < -0.3 is 15.4 Å². The highest BCUT2D eigenvalue weighted by atomic mass is 16.5. The topological polar surface area (TPSA) is 55.6 Å². The third kappa shape index (κ3) is 3.47. The highest BCUT2D eigenvalue weighted by Crippen LogP contribution is 2.18. The van der Waals surface area contributed by atoms with Crippen LogP contribution < -0.4 is 5.73 Å². The molecule has 1 aliphatic rings. The maximum atomic E-state index is 11.9. The molecule has 0 radical (unpaired) electrons. The molecule has 1 aliphatic heterocycles. The molecule has 0 aromatic heterocycles. The Morgan fingerprint density at radius 1 is 1.67 bits per heavy atom. The molecule has 1 heterocycles. The van der Waals surface area contributed by atoms with Crippen LogP contribution in [0.3, 0.4) is 0 Å². The molecule has 1 rings (SSSR count). The van der Waals surface area contributed by atoms with E-state index in [1.54, 1.807) is 7.11 Å². The molecule has 88 valence electrons. The molecule has 0 saturated carbocycles. The van der Waals surface area contributed by atoms with Crippen molar-refractivity contribution < 1.29 is 9.53 Å². The van der Waals surface area contributed by atoms with Crippen LogP contribution in [-0.2, 0) is 9.53 Å². The lowest BCUT2D eigenvalue weighted by molar-refractivity contribution is -0.133. The maximum Gasteiger partial charge on any atom is 0.223 e. The largest absolute Gasteiger partial charge is 0.384 e. The van der Waals surface area contributed by atoms with Gasteiger partial charge in [0.25, 0.3) is 0 Å². The van der Waals surface area contributed by atoms with E-state index in [0.717, 1.165) is 19.4 Å². The van der Waals surface area contributed by atoms with E-state index in [0.29, 0.717) is 25.5 Å². The zero-order chi connectivity index (χ0) is 11.3. The van der Waals surface area contributed by atoms with Gasteiger partial charge in [0.15, 0.2) is 0 Å². The van der Waals surface area contributed by atoms with Crippen LogP contribution in [0.1, 0.15) is 26.2 Å². The van der Waals surface area contributed by atoms with Gasteiger partial charge in [0.1, 0.15) is 0 Å². The zero-order valence-corrected chi connectivity index (χ0v) is 9.74. The molecule has 4 nitrogen and oxygen atoms in total. The Labute approximate surface area is 91.8 Å². The van der Waals surface area contributed by atoms with E-state index in [2.05, 4.69) is 0 Å². The standard InChI is InChI=1S/C11H22N2O2/c1-9(8-15-2)6-11(14)13-5-3-4-10(13)7-12/h9-10H,3-8,12H2,1-2H3. The van der Waals surface area contributed by atoms with E-state index in [9.17, 15) is 4.79 Å². The monoisotopic (exact) mass is 214 g/mol. The van der Waals surface area contributed by atoms with Crippen molar-refractivity contribution in [1.29, 1.82) is 0 Å². The number of nitrogens with zero attached hydrogens (tertiary/aromatic N) is 1. The lowest BCUT2D eigenvalue weighted by atomic mass is 10.1. The van der Waals surface area contributed by atoms with Crippen molar-refractivity contribution in [2.45, 2.75) is 32.2 Å². The van der Waals surface area contributed by atoms with Crippen LogP contribution in [0.2, 0.25) is 0 Å². The number of nitrogens with two attached hydrogens (primary N) is 1. The summed E-state index contributed by atoms with van der Waals surface area (Å²) in [5.74, 6) is 0.522. The summed E-state index contributed by atoms with van der Waals surface area (Å²) in [6, 6.07) is 0.271. The van der Waals surface area contributed by atoms with E-state index in [1.807, 2.05) is 11.8 Å². The third-order valence-electron chi connectivity index (χ3n) is 2.94. The number of likely N-dealkylation sites (tertiary alicyclic amines) is 1. The van der Waals surface area contributed by atoms with Crippen LogP contribution in [0, 0.1) is 5.92 Å². The normalized spacial score (nSPS) is 23.1. The van der Waals surface area contributed by atoms with Gasteiger partial charge in [0, 0.05) is 39.3 Å². The van der Waals surface area contributed by atoms with Gasteiger partial charge in [-0.2, -0.15) is 0 Å². The molecule has 2 N–H and O–H groups in total. The van der Waals surface area contributed by atoms with Crippen LogP contribution in [-0.4, -0.2) is 43.7 Å². The average Bonchev–Trinajstić information content (AvgIpc) is 2.65. The second-order valence-corrected chi connectivity index (χ2v) is 4.38. The summed E-state index contributed by atoms with van der Waals surface area (Å²) in [6.45, 7) is 4.15. The van der Waals surface area contributed by atoms with Crippen LogP contribution >= 0.6 is 0 Å². The Morgan fingerprint density at radius 2 is 2.40 bits per heavy atom.